The fraction of sp³-hybridized carbons (Fsp3) is 0.412. The lowest BCUT2D eigenvalue weighted by atomic mass is 10.1. The van der Waals surface area contributed by atoms with E-state index in [9.17, 15) is 9.59 Å². The first-order valence-electron chi connectivity index (χ1n) is 8.00. The van der Waals surface area contributed by atoms with E-state index in [1.165, 1.54) is 11.3 Å². The van der Waals surface area contributed by atoms with Crippen LogP contribution in [-0.2, 0) is 11.2 Å². The Kier molecular flexibility index (Phi) is 6.87. The molecule has 0 aliphatic carbocycles. The molecule has 6 nitrogen and oxygen atoms in total. The van der Waals surface area contributed by atoms with Crippen molar-refractivity contribution in [3.63, 3.8) is 0 Å². The summed E-state index contributed by atoms with van der Waals surface area (Å²) in [5.41, 5.74) is 0.619. The highest BCUT2D eigenvalue weighted by Gasteiger charge is 2.09. The molecule has 128 valence electrons. The zero-order chi connectivity index (χ0) is 17.4. The van der Waals surface area contributed by atoms with Gasteiger partial charge in [0.25, 0.3) is 5.91 Å². The van der Waals surface area contributed by atoms with Crippen LogP contribution in [0.3, 0.4) is 0 Å². The Labute approximate surface area is 145 Å². The molecule has 24 heavy (non-hydrogen) atoms. The third-order valence-corrected chi connectivity index (χ3v) is 4.06. The van der Waals surface area contributed by atoms with Crippen LogP contribution in [0.1, 0.15) is 42.1 Å². The molecule has 2 amide bonds. The van der Waals surface area contributed by atoms with Gasteiger partial charge in [0.2, 0.25) is 11.0 Å². The first kappa shape index (κ1) is 18.1. The highest BCUT2D eigenvalue weighted by Crippen LogP contribution is 2.18. The second-order valence-electron chi connectivity index (χ2n) is 5.87. The summed E-state index contributed by atoms with van der Waals surface area (Å²) in [4.78, 5) is 23.7. The Hall–Kier alpha value is -2.28. The van der Waals surface area contributed by atoms with Gasteiger partial charge >= 0.3 is 0 Å². The highest BCUT2D eigenvalue weighted by molar-refractivity contribution is 7.15. The average molecular weight is 346 g/mol. The number of carbonyl (C=O) groups excluding carboxylic acids is 2. The van der Waals surface area contributed by atoms with Crippen LogP contribution in [0.2, 0.25) is 0 Å². The van der Waals surface area contributed by atoms with Crippen molar-refractivity contribution in [3.05, 3.63) is 40.9 Å². The van der Waals surface area contributed by atoms with Crippen LogP contribution >= 0.6 is 11.3 Å². The topological polar surface area (TPSA) is 84.0 Å². The number of anilines is 1. The number of aromatic nitrogens is 2. The predicted molar refractivity (Wildman–Crippen MR) is 95.1 cm³/mol. The number of hydrogen-bond acceptors (Lipinski definition) is 5. The minimum absolute atomic E-state index is 0.115. The molecule has 0 fully saturated rings. The van der Waals surface area contributed by atoms with Crippen LogP contribution in [0.5, 0.6) is 0 Å². The third-order valence-electron chi connectivity index (χ3n) is 3.20. The summed E-state index contributed by atoms with van der Waals surface area (Å²) in [5, 5.41) is 15.0. The predicted octanol–water partition coefficient (Wildman–Crippen LogP) is 2.89. The van der Waals surface area contributed by atoms with Gasteiger partial charge in [0.05, 0.1) is 0 Å². The first-order chi connectivity index (χ1) is 11.5. The van der Waals surface area contributed by atoms with Gasteiger partial charge in [0.15, 0.2) is 0 Å². The molecule has 2 aromatic rings. The number of benzene rings is 1. The summed E-state index contributed by atoms with van der Waals surface area (Å²) in [6.07, 6.45) is 1.76. The maximum Gasteiger partial charge on any atom is 0.251 e. The van der Waals surface area contributed by atoms with E-state index in [1.807, 2.05) is 18.2 Å². The van der Waals surface area contributed by atoms with Crippen LogP contribution in [0.4, 0.5) is 5.13 Å². The van der Waals surface area contributed by atoms with Crippen molar-refractivity contribution in [1.82, 2.24) is 15.5 Å². The van der Waals surface area contributed by atoms with Crippen molar-refractivity contribution >= 4 is 28.3 Å². The van der Waals surface area contributed by atoms with Crippen LogP contribution in [0.25, 0.3) is 0 Å². The Balaban J connectivity index is 1.66. The molecule has 0 atom stereocenters. The molecule has 0 bridgehead atoms. The Morgan fingerprint density at radius 2 is 1.92 bits per heavy atom. The van der Waals surface area contributed by atoms with Crippen molar-refractivity contribution < 1.29 is 9.59 Å². The number of nitrogens with zero attached hydrogens (tertiary/aromatic N) is 2. The molecule has 2 rings (SSSR count). The third kappa shape index (κ3) is 6.08. The molecule has 2 N–H and O–H groups in total. The lowest BCUT2D eigenvalue weighted by Crippen LogP contribution is -2.25. The average Bonchev–Trinajstić information content (AvgIpc) is 2.98. The van der Waals surface area contributed by atoms with E-state index in [0.29, 0.717) is 36.0 Å². The van der Waals surface area contributed by atoms with Gasteiger partial charge in [0.1, 0.15) is 5.01 Å². The minimum atomic E-state index is -0.126. The van der Waals surface area contributed by atoms with Gasteiger partial charge in [-0.2, -0.15) is 0 Å². The molecule has 0 aliphatic heterocycles. The fourth-order valence-electron chi connectivity index (χ4n) is 2.06. The van der Waals surface area contributed by atoms with Crippen molar-refractivity contribution in [3.8, 4) is 0 Å². The van der Waals surface area contributed by atoms with Crippen molar-refractivity contribution in [2.45, 2.75) is 33.1 Å². The first-order valence-corrected chi connectivity index (χ1v) is 8.81. The number of nitrogens with one attached hydrogen (secondary N) is 2. The van der Waals surface area contributed by atoms with E-state index in [4.69, 9.17) is 0 Å². The fourth-order valence-corrected chi connectivity index (χ4v) is 3.03. The lowest BCUT2D eigenvalue weighted by molar-refractivity contribution is -0.116. The molecule has 0 saturated heterocycles. The van der Waals surface area contributed by atoms with Crippen LogP contribution < -0.4 is 10.6 Å². The largest absolute Gasteiger partial charge is 0.352 e. The molecule has 0 saturated carbocycles. The molecule has 0 unspecified atom stereocenters. The Bertz CT molecular complexity index is 670. The van der Waals surface area contributed by atoms with E-state index in [-0.39, 0.29) is 11.8 Å². The van der Waals surface area contributed by atoms with E-state index in [2.05, 4.69) is 34.7 Å². The zero-order valence-corrected chi connectivity index (χ0v) is 14.7. The van der Waals surface area contributed by atoms with Crippen LogP contribution in [0.15, 0.2) is 30.3 Å². The number of rotatable bonds is 8. The molecule has 7 heteroatoms. The summed E-state index contributed by atoms with van der Waals surface area (Å²) < 4.78 is 0. The summed E-state index contributed by atoms with van der Waals surface area (Å²) in [6.45, 7) is 4.68. The summed E-state index contributed by atoms with van der Waals surface area (Å²) in [5.74, 6) is 0.268. The van der Waals surface area contributed by atoms with Gasteiger partial charge in [0, 0.05) is 24.9 Å². The monoisotopic (exact) mass is 346 g/mol. The van der Waals surface area contributed by atoms with Gasteiger partial charge in [-0.1, -0.05) is 43.4 Å². The SMILES string of the molecule is CC(C)Cc1nnc(NC(=O)CCCNC(=O)c2ccccc2)s1. The number of carbonyl (C=O) groups is 2. The maximum absolute atomic E-state index is 11.9. The van der Waals surface area contributed by atoms with Crippen molar-refractivity contribution in [2.75, 3.05) is 11.9 Å². The molecule has 0 aliphatic rings. The van der Waals surface area contributed by atoms with Gasteiger partial charge in [-0.3, -0.25) is 9.59 Å². The molecule has 0 radical (unpaired) electrons. The van der Waals surface area contributed by atoms with Gasteiger partial charge in [-0.25, -0.2) is 0 Å². The zero-order valence-electron chi connectivity index (χ0n) is 13.9. The molecular formula is C17H22N4O2S. The van der Waals surface area contributed by atoms with Crippen LogP contribution in [-0.4, -0.2) is 28.6 Å². The van der Waals surface area contributed by atoms with Crippen LogP contribution in [0, 0.1) is 5.92 Å². The molecule has 0 spiro atoms. The van der Waals surface area contributed by atoms with Gasteiger partial charge in [-0.05, 0) is 24.5 Å². The Morgan fingerprint density at radius 1 is 1.17 bits per heavy atom. The second kappa shape index (κ2) is 9.12. The van der Waals surface area contributed by atoms with E-state index < -0.39 is 0 Å². The van der Waals surface area contributed by atoms with Crippen molar-refractivity contribution in [1.29, 1.82) is 0 Å². The normalized spacial score (nSPS) is 10.6. The minimum Gasteiger partial charge on any atom is -0.352 e. The Morgan fingerprint density at radius 3 is 2.62 bits per heavy atom. The lowest BCUT2D eigenvalue weighted by Gasteiger charge is -2.05. The van der Waals surface area contributed by atoms with Gasteiger partial charge in [-0.15, -0.1) is 10.2 Å². The summed E-state index contributed by atoms with van der Waals surface area (Å²) in [6, 6.07) is 9.01. The highest BCUT2D eigenvalue weighted by atomic mass is 32.1. The molecular weight excluding hydrogens is 324 g/mol. The van der Waals surface area contributed by atoms with E-state index in [1.54, 1.807) is 12.1 Å². The van der Waals surface area contributed by atoms with E-state index >= 15 is 0 Å². The summed E-state index contributed by atoms with van der Waals surface area (Å²) in [7, 11) is 0. The number of amides is 2. The quantitative estimate of drug-likeness (QED) is 0.720. The van der Waals surface area contributed by atoms with Crippen molar-refractivity contribution in [2.24, 2.45) is 5.92 Å². The maximum atomic E-state index is 11.9. The summed E-state index contributed by atoms with van der Waals surface area (Å²) >= 11 is 1.41. The number of hydrogen-bond donors (Lipinski definition) is 2. The standard InChI is InChI=1S/C17H22N4O2S/c1-12(2)11-15-20-21-17(24-15)19-14(22)9-6-10-18-16(23)13-7-4-3-5-8-13/h3-5,7-8,12H,6,9-11H2,1-2H3,(H,18,23)(H,19,21,22). The second-order valence-corrected chi connectivity index (χ2v) is 6.93. The molecule has 1 heterocycles. The van der Waals surface area contributed by atoms with E-state index in [0.717, 1.165) is 11.4 Å². The smallest absolute Gasteiger partial charge is 0.251 e. The molecule has 1 aromatic carbocycles. The van der Waals surface area contributed by atoms with Gasteiger partial charge < -0.3 is 10.6 Å². The molecule has 1 aromatic heterocycles.